The third kappa shape index (κ3) is 2.20. The number of carboxylic acid groups (broad SMARTS) is 1. The van der Waals surface area contributed by atoms with Crippen molar-refractivity contribution in [3.05, 3.63) is 30.5 Å². The lowest BCUT2D eigenvalue weighted by Gasteiger charge is -2.02. The van der Waals surface area contributed by atoms with Gasteiger partial charge in [0, 0.05) is 12.5 Å². The summed E-state index contributed by atoms with van der Waals surface area (Å²) < 4.78 is 23.7. The minimum absolute atomic E-state index is 0.00685. The standard InChI is InChI=1S/C9H8N4O4S/c1-18(16,17)6-2-12-13(4-6)8-7(9(14)15)3-10-5-11-8/h2-5H,1H3,(H,14,15). The predicted molar refractivity (Wildman–Crippen MR) is 59.2 cm³/mol. The van der Waals surface area contributed by atoms with Crippen LogP contribution >= 0.6 is 0 Å². The molecule has 94 valence electrons. The number of sulfone groups is 1. The van der Waals surface area contributed by atoms with Crippen LogP contribution in [-0.4, -0.2) is 45.5 Å². The molecular weight excluding hydrogens is 260 g/mol. The molecule has 2 heterocycles. The number of hydrogen-bond donors (Lipinski definition) is 1. The highest BCUT2D eigenvalue weighted by Gasteiger charge is 2.16. The molecule has 18 heavy (non-hydrogen) atoms. The molecule has 0 saturated heterocycles. The Morgan fingerprint density at radius 2 is 2.11 bits per heavy atom. The zero-order chi connectivity index (χ0) is 13.3. The first kappa shape index (κ1) is 12.2. The van der Waals surface area contributed by atoms with Gasteiger partial charge in [0.2, 0.25) is 0 Å². The normalized spacial score (nSPS) is 11.4. The molecule has 9 heteroatoms. The third-order valence-electron chi connectivity index (χ3n) is 2.13. The van der Waals surface area contributed by atoms with Crippen molar-refractivity contribution in [2.24, 2.45) is 0 Å². The van der Waals surface area contributed by atoms with E-state index in [2.05, 4.69) is 15.1 Å². The minimum atomic E-state index is -3.40. The van der Waals surface area contributed by atoms with Gasteiger partial charge in [-0.2, -0.15) is 5.10 Å². The van der Waals surface area contributed by atoms with Crippen molar-refractivity contribution in [2.45, 2.75) is 4.90 Å². The highest BCUT2D eigenvalue weighted by atomic mass is 32.2. The zero-order valence-electron chi connectivity index (χ0n) is 9.18. The van der Waals surface area contributed by atoms with Gasteiger partial charge in [0.15, 0.2) is 15.7 Å². The molecule has 1 N–H and O–H groups in total. The van der Waals surface area contributed by atoms with Crippen LogP contribution in [0.4, 0.5) is 0 Å². The first-order valence-electron chi connectivity index (χ1n) is 4.68. The second-order valence-electron chi connectivity index (χ2n) is 3.46. The highest BCUT2D eigenvalue weighted by Crippen LogP contribution is 2.13. The summed E-state index contributed by atoms with van der Waals surface area (Å²) in [5.41, 5.74) is -0.166. The molecule has 0 radical (unpaired) electrons. The molecular formula is C9H8N4O4S. The van der Waals surface area contributed by atoms with E-state index in [-0.39, 0.29) is 16.3 Å². The van der Waals surface area contributed by atoms with Gasteiger partial charge in [0.25, 0.3) is 0 Å². The molecule has 2 rings (SSSR count). The van der Waals surface area contributed by atoms with Crippen LogP contribution in [0.25, 0.3) is 5.82 Å². The Hall–Kier alpha value is -2.29. The molecule has 8 nitrogen and oxygen atoms in total. The maximum Gasteiger partial charge on any atom is 0.341 e. The van der Waals surface area contributed by atoms with Gasteiger partial charge >= 0.3 is 5.97 Å². The number of hydrogen-bond acceptors (Lipinski definition) is 6. The SMILES string of the molecule is CS(=O)(=O)c1cnn(-c2ncncc2C(=O)O)c1. The van der Waals surface area contributed by atoms with E-state index >= 15 is 0 Å². The van der Waals surface area contributed by atoms with Gasteiger partial charge in [-0.15, -0.1) is 0 Å². The van der Waals surface area contributed by atoms with E-state index in [4.69, 9.17) is 5.11 Å². The average molecular weight is 268 g/mol. The van der Waals surface area contributed by atoms with E-state index < -0.39 is 15.8 Å². The number of carboxylic acids is 1. The summed E-state index contributed by atoms with van der Waals surface area (Å²) in [6.45, 7) is 0. The van der Waals surface area contributed by atoms with Crippen molar-refractivity contribution < 1.29 is 18.3 Å². The predicted octanol–water partition coefficient (Wildman–Crippen LogP) is -0.236. The van der Waals surface area contributed by atoms with Crippen molar-refractivity contribution >= 4 is 15.8 Å². The van der Waals surface area contributed by atoms with E-state index in [9.17, 15) is 13.2 Å². The Morgan fingerprint density at radius 1 is 1.39 bits per heavy atom. The number of rotatable bonds is 3. The van der Waals surface area contributed by atoms with E-state index in [1.807, 2.05) is 0 Å². The molecule has 0 fully saturated rings. The molecule has 0 spiro atoms. The van der Waals surface area contributed by atoms with Gasteiger partial charge in [-0.05, 0) is 0 Å². The second-order valence-corrected chi connectivity index (χ2v) is 5.47. The van der Waals surface area contributed by atoms with Crippen LogP contribution < -0.4 is 0 Å². The van der Waals surface area contributed by atoms with Crippen molar-refractivity contribution in [3.8, 4) is 5.82 Å². The van der Waals surface area contributed by atoms with Crippen molar-refractivity contribution in [2.75, 3.05) is 6.26 Å². The molecule has 0 aliphatic carbocycles. The summed E-state index contributed by atoms with van der Waals surface area (Å²) >= 11 is 0. The lowest BCUT2D eigenvalue weighted by atomic mass is 10.3. The third-order valence-corrected chi connectivity index (χ3v) is 3.19. The lowest BCUT2D eigenvalue weighted by Crippen LogP contribution is -2.08. The summed E-state index contributed by atoms with van der Waals surface area (Å²) in [4.78, 5) is 18.3. The first-order valence-corrected chi connectivity index (χ1v) is 6.57. The van der Waals surface area contributed by atoms with Crippen LogP contribution in [0.15, 0.2) is 29.8 Å². The quantitative estimate of drug-likeness (QED) is 0.816. The van der Waals surface area contributed by atoms with Gasteiger partial charge in [-0.3, -0.25) is 0 Å². The molecule has 0 bridgehead atoms. The van der Waals surface area contributed by atoms with E-state index in [0.29, 0.717) is 0 Å². The molecule has 0 amide bonds. The Labute approximate surface area is 102 Å². The largest absolute Gasteiger partial charge is 0.477 e. The van der Waals surface area contributed by atoms with Crippen LogP contribution in [0.2, 0.25) is 0 Å². The Kier molecular flexibility index (Phi) is 2.83. The molecule has 0 aliphatic heterocycles. The fourth-order valence-electron chi connectivity index (χ4n) is 1.27. The van der Waals surface area contributed by atoms with E-state index in [1.54, 1.807) is 0 Å². The molecule has 0 aromatic carbocycles. The molecule has 2 aromatic rings. The summed E-state index contributed by atoms with van der Waals surface area (Å²) in [5, 5.41) is 12.7. The molecule has 0 unspecified atom stereocenters. The topological polar surface area (TPSA) is 115 Å². The molecule has 0 aliphatic rings. The van der Waals surface area contributed by atoms with Crippen molar-refractivity contribution in [1.29, 1.82) is 0 Å². The fraction of sp³-hybridized carbons (Fsp3) is 0.111. The smallest absolute Gasteiger partial charge is 0.341 e. The summed E-state index contributed by atoms with van der Waals surface area (Å²) in [5.74, 6) is -1.21. The lowest BCUT2D eigenvalue weighted by molar-refractivity contribution is 0.0695. The summed E-state index contributed by atoms with van der Waals surface area (Å²) in [6.07, 6.45) is 5.63. The number of aromatic carboxylic acids is 1. The van der Waals surface area contributed by atoms with Crippen LogP contribution in [0.1, 0.15) is 10.4 Å². The first-order chi connectivity index (χ1) is 8.39. The average Bonchev–Trinajstić information content (AvgIpc) is 2.77. The summed E-state index contributed by atoms with van der Waals surface area (Å²) in [6, 6.07) is 0. The van der Waals surface area contributed by atoms with Gasteiger partial charge in [0.1, 0.15) is 16.8 Å². The van der Waals surface area contributed by atoms with Gasteiger partial charge < -0.3 is 5.11 Å². The van der Waals surface area contributed by atoms with Crippen molar-refractivity contribution in [3.63, 3.8) is 0 Å². The second kappa shape index (κ2) is 4.18. The van der Waals surface area contributed by atoms with Crippen LogP contribution in [0, 0.1) is 0 Å². The van der Waals surface area contributed by atoms with Gasteiger partial charge in [0.05, 0.1) is 12.4 Å². The fourth-order valence-corrected chi connectivity index (χ4v) is 1.80. The number of aromatic nitrogens is 4. The number of carbonyl (C=O) groups is 1. The van der Waals surface area contributed by atoms with E-state index in [0.717, 1.165) is 29.7 Å². The van der Waals surface area contributed by atoms with Crippen LogP contribution in [0.3, 0.4) is 0 Å². The van der Waals surface area contributed by atoms with Crippen LogP contribution in [-0.2, 0) is 9.84 Å². The van der Waals surface area contributed by atoms with E-state index in [1.165, 1.54) is 6.20 Å². The maximum atomic E-state index is 11.3. The highest BCUT2D eigenvalue weighted by molar-refractivity contribution is 7.90. The summed E-state index contributed by atoms with van der Waals surface area (Å²) in [7, 11) is -3.40. The monoisotopic (exact) mass is 268 g/mol. The Bertz CT molecular complexity index is 707. The maximum absolute atomic E-state index is 11.3. The zero-order valence-corrected chi connectivity index (χ0v) is 9.99. The molecule has 2 aromatic heterocycles. The van der Waals surface area contributed by atoms with Gasteiger partial charge in [-0.25, -0.2) is 27.9 Å². The number of nitrogens with zero attached hydrogens (tertiary/aromatic N) is 4. The van der Waals surface area contributed by atoms with Crippen LogP contribution in [0.5, 0.6) is 0 Å². The Balaban J connectivity index is 2.57. The minimum Gasteiger partial charge on any atom is -0.477 e. The Morgan fingerprint density at radius 3 is 2.67 bits per heavy atom. The van der Waals surface area contributed by atoms with Crippen molar-refractivity contribution in [1.82, 2.24) is 19.7 Å². The van der Waals surface area contributed by atoms with Gasteiger partial charge in [-0.1, -0.05) is 0 Å². The molecule has 0 atom stereocenters. The molecule has 0 saturated carbocycles.